The number of carbonyl (C=O) groups excluding carboxylic acids is 1. The Hall–Kier alpha value is -3.53. The van der Waals surface area contributed by atoms with Crippen LogP contribution >= 0.6 is 10.8 Å². The van der Waals surface area contributed by atoms with Gasteiger partial charge in [-0.15, -0.1) is 15.9 Å². The summed E-state index contributed by atoms with van der Waals surface area (Å²) in [6.07, 6.45) is 4.11. The Morgan fingerprint density at radius 1 is 1.08 bits per heavy atom. The standard InChI is InChI=1S/C37H51N5O8S/c1-25-9-10-29(19-30(25)22-42-20-26(2)50-32-7-5-6-8-33(32)51(42,46)47)34(37(3,4)36(44)45)49-24-31-23-41(39-38-31)21-27-11-15-40(16-12-27)35(43)28-13-17-48-18-14-28/h5-10,19,23,26-28,34,46-47H,11-18,20-22,24H2,1-4H3,(H,44,45). The molecular formula is C37H51N5O8S. The molecule has 2 fully saturated rings. The Morgan fingerprint density at radius 3 is 2.53 bits per heavy atom. The van der Waals surface area contributed by atoms with Crippen molar-refractivity contribution in [1.82, 2.24) is 24.2 Å². The molecule has 2 aromatic carbocycles. The van der Waals surface area contributed by atoms with Crippen LogP contribution in [0.4, 0.5) is 0 Å². The summed E-state index contributed by atoms with van der Waals surface area (Å²) >= 11 is 0. The molecule has 13 nitrogen and oxygen atoms in total. The van der Waals surface area contributed by atoms with Gasteiger partial charge in [0.15, 0.2) is 0 Å². The SMILES string of the molecule is Cc1ccc(C(OCc2cn(CC3CCN(C(=O)C4CCOCC4)CC3)nn2)C(C)(C)C(=O)O)cc1CN1CC(C)Oc2ccccc2S1(O)O. The van der Waals surface area contributed by atoms with E-state index in [1.165, 1.54) is 0 Å². The van der Waals surface area contributed by atoms with Crippen molar-refractivity contribution in [1.29, 1.82) is 0 Å². The van der Waals surface area contributed by atoms with Crippen molar-refractivity contribution in [3.05, 3.63) is 71.0 Å². The van der Waals surface area contributed by atoms with Gasteiger partial charge in [-0.3, -0.25) is 23.4 Å². The van der Waals surface area contributed by atoms with Crippen LogP contribution in [0.1, 0.15) is 74.9 Å². The molecule has 3 N–H and O–H groups in total. The van der Waals surface area contributed by atoms with Gasteiger partial charge in [0.1, 0.15) is 22.4 Å². The number of para-hydroxylation sites is 1. The van der Waals surface area contributed by atoms with Gasteiger partial charge >= 0.3 is 5.97 Å². The average molecular weight is 726 g/mol. The lowest BCUT2D eigenvalue weighted by Gasteiger charge is -2.42. The number of carboxylic acids is 1. The largest absolute Gasteiger partial charge is 0.487 e. The smallest absolute Gasteiger partial charge is 0.312 e. The van der Waals surface area contributed by atoms with Gasteiger partial charge in [0.05, 0.1) is 30.9 Å². The van der Waals surface area contributed by atoms with Crippen molar-refractivity contribution in [3.63, 3.8) is 0 Å². The average Bonchev–Trinajstić information content (AvgIpc) is 3.53. The van der Waals surface area contributed by atoms with E-state index in [0.717, 1.165) is 49.9 Å². The summed E-state index contributed by atoms with van der Waals surface area (Å²) in [4.78, 5) is 27.8. The monoisotopic (exact) mass is 725 g/mol. The third-order valence-corrected chi connectivity index (χ3v) is 12.4. The fourth-order valence-electron chi connectivity index (χ4n) is 7.23. The fourth-order valence-corrected chi connectivity index (χ4v) is 8.89. The second-order valence-electron chi connectivity index (χ2n) is 14.7. The minimum Gasteiger partial charge on any atom is -0.487 e. The zero-order valence-electron chi connectivity index (χ0n) is 29.9. The second-order valence-corrected chi connectivity index (χ2v) is 16.7. The van der Waals surface area contributed by atoms with Gasteiger partial charge < -0.3 is 24.2 Å². The molecule has 0 bridgehead atoms. The number of nitrogens with zero attached hydrogens (tertiary/aromatic N) is 5. The molecule has 2 unspecified atom stereocenters. The van der Waals surface area contributed by atoms with Crippen LogP contribution in [0.3, 0.4) is 0 Å². The molecule has 2 atom stereocenters. The molecule has 0 radical (unpaired) electrons. The Kier molecular flexibility index (Phi) is 11.4. The third kappa shape index (κ3) is 8.42. The molecule has 3 aliphatic heterocycles. The number of amides is 1. The van der Waals surface area contributed by atoms with E-state index in [2.05, 4.69) is 10.3 Å². The van der Waals surface area contributed by atoms with E-state index in [1.807, 2.05) is 47.8 Å². The molecule has 3 aromatic rings. The van der Waals surface area contributed by atoms with Crippen LogP contribution in [-0.2, 0) is 38.8 Å². The van der Waals surface area contributed by atoms with Crippen molar-refractivity contribution < 1.29 is 38.0 Å². The van der Waals surface area contributed by atoms with Crippen molar-refractivity contribution in [3.8, 4) is 5.75 Å². The molecule has 1 amide bonds. The molecule has 278 valence electrons. The molecule has 6 rings (SSSR count). The van der Waals surface area contributed by atoms with Gasteiger partial charge in [-0.05, 0) is 88.1 Å². The number of ether oxygens (including phenoxy) is 3. The summed E-state index contributed by atoms with van der Waals surface area (Å²) in [7, 11) is -3.36. The normalized spacial score (nSPS) is 21.7. The lowest BCUT2D eigenvalue weighted by atomic mass is 9.81. The van der Waals surface area contributed by atoms with Gasteiger partial charge in [0.2, 0.25) is 5.91 Å². The van der Waals surface area contributed by atoms with E-state index in [9.17, 15) is 23.8 Å². The predicted octanol–water partition coefficient (Wildman–Crippen LogP) is 5.93. The first-order valence-electron chi connectivity index (χ1n) is 17.8. The van der Waals surface area contributed by atoms with Crippen molar-refractivity contribution in [2.45, 2.75) is 90.2 Å². The molecule has 0 saturated carbocycles. The van der Waals surface area contributed by atoms with Crippen molar-refractivity contribution in [2.75, 3.05) is 32.8 Å². The van der Waals surface area contributed by atoms with Crippen LogP contribution in [0.15, 0.2) is 53.6 Å². The van der Waals surface area contributed by atoms with Crippen LogP contribution in [0.5, 0.6) is 5.75 Å². The van der Waals surface area contributed by atoms with Crippen LogP contribution in [0, 0.1) is 24.2 Å². The zero-order valence-corrected chi connectivity index (χ0v) is 30.8. The highest BCUT2D eigenvalue weighted by Gasteiger charge is 2.40. The fraction of sp³-hybridized carbons (Fsp3) is 0.568. The number of hydrogen-bond donors (Lipinski definition) is 3. The number of piperidine rings is 1. The number of aryl methyl sites for hydroxylation is 1. The Morgan fingerprint density at radius 2 is 1.80 bits per heavy atom. The summed E-state index contributed by atoms with van der Waals surface area (Å²) in [5, 5.41) is 18.9. The van der Waals surface area contributed by atoms with E-state index in [-0.39, 0.29) is 37.6 Å². The summed E-state index contributed by atoms with van der Waals surface area (Å²) in [5.74, 6) is 0.144. The molecule has 14 heteroatoms. The van der Waals surface area contributed by atoms with E-state index in [4.69, 9.17) is 14.2 Å². The van der Waals surface area contributed by atoms with Gasteiger partial charge in [-0.2, -0.15) is 4.31 Å². The molecule has 4 heterocycles. The second kappa shape index (κ2) is 15.6. The highest BCUT2D eigenvalue weighted by atomic mass is 32.3. The zero-order chi connectivity index (χ0) is 36.3. The maximum Gasteiger partial charge on any atom is 0.312 e. The number of benzene rings is 2. The van der Waals surface area contributed by atoms with Crippen molar-refractivity contribution >= 4 is 22.7 Å². The van der Waals surface area contributed by atoms with Gasteiger partial charge in [-0.1, -0.05) is 35.5 Å². The third-order valence-electron chi connectivity index (χ3n) is 10.4. The predicted molar refractivity (Wildman–Crippen MR) is 191 cm³/mol. The minimum atomic E-state index is -3.36. The highest BCUT2D eigenvalue weighted by Crippen LogP contribution is 2.57. The highest BCUT2D eigenvalue weighted by molar-refractivity contribution is 8.22. The molecule has 51 heavy (non-hydrogen) atoms. The van der Waals surface area contributed by atoms with Crippen molar-refractivity contribution in [2.24, 2.45) is 17.3 Å². The molecule has 2 saturated heterocycles. The number of rotatable bonds is 11. The van der Waals surface area contributed by atoms with Crippen LogP contribution < -0.4 is 4.74 Å². The first kappa shape index (κ1) is 37.2. The number of carbonyl (C=O) groups is 2. The molecule has 1 aromatic heterocycles. The van der Waals surface area contributed by atoms with E-state index < -0.39 is 28.3 Å². The maximum absolute atomic E-state index is 12.9. The van der Waals surface area contributed by atoms with E-state index in [1.54, 1.807) is 42.4 Å². The maximum atomic E-state index is 12.9. The first-order chi connectivity index (χ1) is 24.3. The topological polar surface area (TPSA) is 160 Å². The summed E-state index contributed by atoms with van der Waals surface area (Å²) < 4.78 is 44.2. The van der Waals surface area contributed by atoms with E-state index in [0.29, 0.717) is 47.6 Å². The first-order valence-corrected chi connectivity index (χ1v) is 19.3. The molecule has 0 spiro atoms. The van der Waals surface area contributed by atoms with Gasteiger partial charge in [0.25, 0.3) is 0 Å². The minimum absolute atomic E-state index is 0.0565. The number of aliphatic carboxylic acids is 1. The number of hydrogen-bond acceptors (Lipinski definition) is 10. The van der Waals surface area contributed by atoms with Crippen LogP contribution in [0.25, 0.3) is 0 Å². The Labute approximate surface area is 301 Å². The van der Waals surface area contributed by atoms with Crippen LogP contribution in [0.2, 0.25) is 0 Å². The van der Waals surface area contributed by atoms with Gasteiger partial charge in [-0.25, -0.2) is 0 Å². The van der Waals surface area contributed by atoms with Crippen LogP contribution in [-0.4, -0.2) is 89.2 Å². The Balaban J connectivity index is 1.12. The summed E-state index contributed by atoms with van der Waals surface area (Å²) in [6, 6.07) is 12.7. The molecule has 3 aliphatic rings. The van der Waals surface area contributed by atoms with E-state index >= 15 is 0 Å². The molecular weight excluding hydrogens is 675 g/mol. The lowest BCUT2D eigenvalue weighted by Crippen LogP contribution is -2.43. The number of carboxylic acid groups (broad SMARTS) is 1. The molecule has 0 aliphatic carbocycles. The lowest BCUT2D eigenvalue weighted by molar-refractivity contribution is -0.158. The Bertz CT molecular complexity index is 1680. The van der Waals surface area contributed by atoms with Gasteiger partial charge in [0, 0.05) is 45.3 Å². The number of likely N-dealkylation sites (tertiary alicyclic amines) is 1. The number of aromatic nitrogens is 3. The quantitative estimate of drug-likeness (QED) is 0.215. The number of fused-ring (bicyclic) bond motifs is 1. The summed E-state index contributed by atoms with van der Waals surface area (Å²) in [5.41, 5.74) is 1.69. The summed E-state index contributed by atoms with van der Waals surface area (Å²) in [6.45, 7) is 11.1.